The standard InChI is InChI=1S/C13H23N3O/c1-11-12(9-16(2)15-11)8-14-10-13(17)6-4-3-5-7-13/h9,14,17H,3-8,10H2,1-2H3. The molecule has 17 heavy (non-hydrogen) atoms. The van der Waals surface area contributed by atoms with E-state index >= 15 is 0 Å². The first kappa shape index (κ1) is 12.6. The van der Waals surface area contributed by atoms with Crippen molar-refractivity contribution in [3.05, 3.63) is 17.5 Å². The Morgan fingerprint density at radius 2 is 2.12 bits per heavy atom. The summed E-state index contributed by atoms with van der Waals surface area (Å²) in [7, 11) is 1.94. The number of aromatic nitrogens is 2. The number of hydrogen-bond donors (Lipinski definition) is 2. The van der Waals surface area contributed by atoms with Crippen LogP contribution in [0.25, 0.3) is 0 Å². The van der Waals surface area contributed by atoms with Gasteiger partial charge in [0.05, 0.1) is 11.3 Å². The smallest absolute Gasteiger partial charge is 0.0771 e. The summed E-state index contributed by atoms with van der Waals surface area (Å²) in [5, 5.41) is 18.0. The predicted octanol–water partition coefficient (Wildman–Crippen LogP) is 1.51. The number of hydrogen-bond acceptors (Lipinski definition) is 3. The normalized spacial score (nSPS) is 19.5. The minimum Gasteiger partial charge on any atom is -0.389 e. The van der Waals surface area contributed by atoms with Gasteiger partial charge in [-0.05, 0) is 19.8 Å². The molecule has 2 rings (SSSR count). The van der Waals surface area contributed by atoms with Crippen molar-refractivity contribution in [3.63, 3.8) is 0 Å². The van der Waals surface area contributed by atoms with E-state index in [-0.39, 0.29) is 0 Å². The summed E-state index contributed by atoms with van der Waals surface area (Å²) in [5.41, 5.74) is 1.80. The van der Waals surface area contributed by atoms with Gasteiger partial charge in [-0.25, -0.2) is 0 Å². The Kier molecular flexibility index (Phi) is 3.84. The van der Waals surface area contributed by atoms with Crippen LogP contribution in [0.1, 0.15) is 43.4 Å². The van der Waals surface area contributed by atoms with Gasteiger partial charge >= 0.3 is 0 Å². The fourth-order valence-electron chi connectivity index (χ4n) is 2.64. The Morgan fingerprint density at radius 1 is 1.41 bits per heavy atom. The first-order valence-corrected chi connectivity index (χ1v) is 6.51. The van der Waals surface area contributed by atoms with Gasteiger partial charge in [-0.2, -0.15) is 5.10 Å². The third-order valence-electron chi connectivity index (χ3n) is 3.67. The minimum atomic E-state index is -0.478. The van der Waals surface area contributed by atoms with Crippen LogP contribution in [0.2, 0.25) is 0 Å². The van der Waals surface area contributed by atoms with Crippen molar-refractivity contribution in [2.45, 2.75) is 51.2 Å². The van der Waals surface area contributed by atoms with E-state index in [4.69, 9.17) is 0 Å². The van der Waals surface area contributed by atoms with Crippen molar-refractivity contribution in [3.8, 4) is 0 Å². The van der Waals surface area contributed by atoms with Crippen LogP contribution in [0.4, 0.5) is 0 Å². The summed E-state index contributed by atoms with van der Waals surface area (Å²) in [6, 6.07) is 0. The lowest BCUT2D eigenvalue weighted by Crippen LogP contribution is -2.41. The van der Waals surface area contributed by atoms with Crippen LogP contribution >= 0.6 is 0 Å². The molecule has 1 saturated carbocycles. The predicted molar refractivity (Wildman–Crippen MR) is 67.7 cm³/mol. The molecule has 1 aliphatic rings. The number of nitrogens with one attached hydrogen (secondary N) is 1. The van der Waals surface area contributed by atoms with Crippen molar-refractivity contribution in [1.29, 1.82) is 0 Å². The van der Waals surface area contributed by atoms with E-state index in [1.807, 2.05) is 24.9 Å². The molecule has 0 amide bonds. The Hall–Kier alpha value is -0.870. The molecular formula is C13H23N3O. The van der Waals surface area contributed by atoms with Gasteiger partial charge in [-0.15, -0.1) is 0 Å². The molecule has 0 atom stereocenters. The topological polar surface area (TPSA) is 50.1 Å². The van der Waals surface area contributed by atoms with Crippen LogP contribution in [0.15, 0.2) is 6.20 Å². The van der Waals surface area contributed by atoms with E-state index in [1.165, 1.54) is 12.0 Å². The highest BCUT2D eigenvalue weighted by Gasteiger charge is 2.28. The average Bonchev–Trinajstić information content (AvgIpc) is 2.58. The van der Waals surface area contributed by atoms with E-state index in [1.54, 1.807) is 0 Å². The highest BCUT2D eigenvalue weighted by Crippen LogP contribution is 2.27. The number of aryl methyl sites for hydroxylation is 2. The molecule has 1 aromatic rings. The van der Waals surface area contributed by atoms with Crippen LogP contribution in [0.3, 0.4) is 0 Å². The summed E-state index contributed by atoms with van der Waals surface area (Å²) in [6.45, 7) is 3.51. The van der Waals surface area contributed by atoms with Gasteiger partial charge in [-0.1, -0.05) is 19.3 Å². The minimum absolute atomic E-state index is 0.478. The SMILES string of the molecule is Cc1nn(C)cc1CNCC1(O)CCCCC1. The molecule has 1 heterocycles. The zero-order chi connectivity index (χ0) is 12.3. The fraction of sp³-hybridized carbons (Fsp3) is 0.769. The van der Waals surface area contributed by atoms with Gasteiger partial charge < -0.3 is 10.4 Å². The first-order valence-electron chi connectivity index (χ1n) is 6.51. The molecular weight excluding hydrogens is 214 g/mol. The maximum atomic E-state index is 10.3. The van der Waals surface area contributed by atoms with Crippen LogP contribution in [0.5, 0.6) is 0 Å². The molecule has 0 radical (unpaired) electrons. The number of rotatable bonds is 4. The van der Waals surface area contributed by atoms with Gasteiger partial charge in [0.1, 0.15) is 0 Å². The van der Waals surface area contributed by atoms with Crippen molar-refractivity contribution in [1.82, 2.24) is 15.1 Å². The number of aliphatic hydroxyl groups is 1. The molecule has 0 bridgehead atoms. The van der Waals surface area contributed by atoms with E-state index in [0.29, 0.717) is 6.54 Å². The molecule has 1 aromatic heterocycles. The summed E-state index contributed by atoms with van der Waals surface area (Å²) in [6.07, 6.45) is 7.49. The van der Waals surface area contributed by atoms with Gasteiger partial charge in [-0.3, -0.25) is 4.68 Å². The molecule has 1 fully saturated rings. The summed E-state index contributed by atoms with van der Waals surface area (Å²) in [5.74, 6) is 0. The molecule has 0 aromatic carbocycles. The lowest BCUT2D eigenvalue weighted by molar-refractivity contribution is 0.00466. The third-order valence-corrected chi connectivity index (χ3v) is 3.67. The van der Waals surface area contributed by atoms with E-state index in [2.05, 4.69) is 10.4 Å². The Labute approximate surface area is 103 Å². The summed E-state index contributed by atoms with van der Waals surface area (Å²) in [4.78, 5) is 0. The maximum absolute atomic E-state index is 10.3. The molecule has 0 aliphatic heterocycles. The number of nitrogens with zero attached hydrogens (tertiary/aromatic N) is 2. The molecule has 96 valence electrons. The second-order valence-electron chi connectivity index (χ2n) is 5.30. The van der Waals surface area contributed by atoms with Crippen molar-refractivity contribution in [2.75, 3.05) is 6.54 Å². The Bertz CT molecular complexity index is 367. The molecule has 2 N–H and O–H groups in total. The van der Waals surface area contributed by atoms with Gasteiger partial charge in [0, 0.05) is 31.9 Å². The maximum Gasteiger partial charge on any atom is 0.0771 e. The zero-order valence-corrected chi connectivity index (χ0v) is 10.9. The van der Waals surface area contributed by atoms with Gasteiger partial charge in [0.2, 0.25) is 0 Å². The summed E-state index contributed by atoms with van der Waals surface area (Å²) >= 11 is 0. The van der Waals surface area contributed by atoms with E-state index in [0.717, 1.165) is 37.9 Å². The Morgan fingerprint density at radius 3 is 2.71 bits per heavy atom. The second-order valence-corrected chi connectivity index (χ2v) is 5.30. The third kappa shape index (κ3) is 3.30. The highest BCUT2D eigenvalue weighted by molar-refractivity contribution is 5.14. The van der Waals surface area contributed by atoms with Gasteiger partial charge in [0.25, 0.3) is 0 Å². The molecule has 4 nitrogen and oxygen atoms in total. The van der Waals surface area contributed by atoms with Crippen LogP contribution in [-0.2, 0) is 13.6 Å². The first-order chi connectivity index (χ1) is 8.09. The molecule has 0 saturated heterocycles. The van der Waals surface area contributed by atoms with Crippen molar-refractivity contribution in [2.24, 2.45) is 7.05 Å². The quantitative estimate of drug-likeness (QED) is 0.834. The van der Waals surface area contributed by atoms with Crippen molar-refractivity contribution < 1.29 is 5.11 Å². The lowest BCUT2D eigenvalue weighted by atomic mass is 9.85. The second kappa shape index (κ2) is 5.19. The monoisotopic (exact) mass is 237 g/mol. The molecule has 4 heteroatoms. The Balaban J connectivity index is 1.81. The van der Waals surface area contributed by atoms with Crippen LogP contribution in [0, 0.1) is 6.92 Å². The summed E-state index contributed by atoms with van der Waals surface area (Å²) < 4.78 is 1.83. The van der Waals surface area contributed by atoms with Crippen LogP contribution < -0.4 is 5.32 Å². The molecule has 0 spiro atoms. The fourth-order valence-corrected chi connectivity index (χ4v) is 2.64. The molecule has 1 aliphatic carbocycles. The van der Waals surface area contributed by atoms with Gasteiger partial charge in [0.15, 0.2) is 0 Å². The average molecular weight is 237 g/mol. The lowest BCUT2D eigenvalue weighted by Gasteiger charge is -2.32. The highest BCUT2D eigenvalue weighted by atomic mass is 16.3. The van der Waals surface area contributed by atoms with E-state index < -0.39 is 5.60 Å². The van der Waals surface area contributed by atoms with Crippen LogP contribution in [-0.4, -0.2) is 27.0 Å². The largest absolute Gasteiger partial charge is 0.389 e. The zero-order valence-electron chi connectivity index (χ0n) is 10.9. The molecule has 0 unspecified atom stereocenters. The van der Waals surface area contributed by atoms with E-state index in [9.17, 15) is 5.11 Å². The van der Waals surface area contributed by atoms with Crippen molar-refractivity contribution >= 4 is 0 Å².